The Morgan fingerprint density at radius 1 is 1.13 bits per heavy atom. The molecule has 5 heteroatoms. The summed E-state index contributed by atoms with van der Waals surface area (Å²) in [6.07, 6.45) is 1.95. The SMILES string of the molecule is CCCNC(=NCC(=O)N(C)C)NCCc1c(C)cccc1C. The third-order valence-electron chi connectivity index (χ3n) is 3.73. The van der Waals surface area contributed by atoms with E-state index < -0.39 is 0 Å². The first kappa shape index (κ1) is 19.0. The molecule has 128 valence electrons. The van der Waals surface area contributed by atoms with Crippen LogP contribution in [0.4, 0.5) is 0 Å². The number of hydrogen-bond acceptors (Lipinski definition) is 2. The lowest BCUT2D eigenvalue weighted by molar-refractivity contribution is -0.127. The first-order chi connectivity index (χ1) is 11.0. The smallest absolute Gasteiger partial charge is 0.243 e. The van der Waals surface area contributed by atoms with E-state index in [4.69, 9.17) is 0 Å². The van der Waals surface area contributed by atoms with Crippen LogP contribution in [0, 0.1) is 13.8 Å². The van der Waals surface area contributed by atoms with Gasteiger partial charge in [0.1, 0.15) is 6.54 Å². The highest BCUT2D eigenvalue weighted by atomic mass is 16.2. The van der Waals surface area contributed by atoms with E-state index in [9.17, 15) is 4.79 Å². The molecule has 0 heterocycles. The highest BCUT2D eigenvalue weighted by molar-refractivity contribution is 5.84. The number of guanidine groups is 1. The minimum Gasteiger partial charge on any atom is -0.356 e. The van der Waals surface area contributed by atoms with Crippen LogP contribution in [-0.4, -0.2) is 50.5 Å². The quantitative estimate of drug-likeness (QED) is 0.596. The van der Waals surface area contributed by atoms with E-state index in [1.807, 2.05) is 0 Å². The fraction of sp³-hybridized carbons (Fsp3) is 0.556. The van der Waals surface area contributed by atoms with Crippen molar-refractivity contribution in [2.75, 3.05) is 33.7 Å². The molecule has 0 aliphatic heterocycles. The normalized spacial score (nSPS) is 11.3. The molecule has 0 atom stereocenters. The lowest BCUT2D eigenvalue weighted by Gasteiger charge is -2.14. The summed E-state index contributed by atoms with van der Waals surface area (Å²) in [5.41, 5.74) is 4.00. The van der Waals surface area contributed by atoms with Crippen molar-refractivity contribution in [2.24, 2.45) is 4.99 Å². The molecule has 0 aliphatic carbocycles. The molecule has 1 aromatic carbocycles. The molecule has 2 N–H and O–H groups in total. The van der Waals surface area contributed by atoms with E-state index in [1.165, 1.54) is 16.7 Å². The fourth-order valence-corrected chi connectivity index (χ4v) is 2.26. The summed E-state index contributed by atoms with van der Waals surface area (Å²) in [4.78, 5) is 17.6. The molecule has 0 saturated carbocycles. The van der Waals surface area contributed by atoms with Crippen molar-refractivity contribution >= 4 is 11.9 Å². The van der Waals surface area contributed by atoms with Crippen molar-refractivity contribution < 1.29 is 4.79 Å². The topological polar surface area (TPSA) is 56.7 Å². The molecular weight excluding hydrogens is 288 g/mol. The minimum absolute atomic E-state index is 0.00246. The van der Waals surface area contributed by atoms with Crippen molar-refractivity contribution in [2.45, 2.75) is 33.6 Å². The van der Waals surface area contributed by atoms with Crippen LogP contribution in [0.2, 0.25) is 0 Å². The van der Waals surface area contributed by atoms with Gasteiger partial charge in [-0.2, -0.15) is 0 Å². The Labute approximate surface area is 140 Å². The standard InChI is InChI=1S/C18H30N4O/c1-6-11-19-18(21-13-17(23)22(4)5)20-12-10-16-14(2)8-7-9-15(16)3/h7-9H,6,10-13H2,1-5H3,(H2,19,20,21). The summed E-state index contributed by atoms with van der Waals surface area (Å²) in [6, 6.07) is 6.37. The van der Waals surface area contributed by atoms with Crippen LogP contribution < -0.4 is 10.6 Å². The number of amides is 1. The number of aryl methyl sites for hydroxylation is 2. The molecule has 0 aliphatic rings. The van der Waals surface area contributed by atoms with Gasteiger partial charge in [0.25, 0.3) is 0 Å². The van der Waals surface area contributed by atoms with Crippen molar-refractivity contribution in [1.82, 2.24) is 15.5 Å². The number of carbonyl (C=O) groups is 1. The number of aliphatic imine (C=N–C) groups is 1. The summed E-state index contributed by atoms with van der Waals surface area (Å²) >= 11 is 0. The van der Waals surface area contributed by atoms with Crippen molar-refractivity contribution in [3.63, 3.8) is 0 Å². The second-order valence-corrected chi connectivity index (χ2v) is 5.93. The van der Waals surface area contributed by atoms with Gasteiger partial charge in [-0.05, 0) is 43.4 Å². The molecule has 0 radical (unpaired) electrons. The molecule has 0 spiro atoms. The molecule has 1 amide bonds. The Morgan fingerprint density at radius 2 is 1.74 bits per heavy atom. The van der Waals surface area contributed by atoms with E-state index in [0.29, 0.717) is 5.96 Å². The Morgan fingerprint density at radius 3 is 2.30 bits per heavy atom. The maximum absolute atomic E-state index is 11.7. The highest BCUT2D eigenvalue weighted by Gasteiger charge is 2.05. The zero-order valence-electron chi connectivity index (χ0n) is 15.1. The number of nitrogens with zero attached hydrogens (tertiary/aromatic N) is 2. The number of likely N-dealkylation sites (N-methyl/N-ethyl adjacent to an activating group) is 1. The largest absolute Gasteiger partial charge is 0.356 e. The highest BCUT2D eigenvalue weighted by Crippen LogP contribution is 2.13. The number of hydrogen-bond donors (Lipinski definition) is 2. The van der Waals surface area contributed by atoms with E-state index in [1.54, 1.807) is 19.0 Å². The first-order valence-electron chi connectivity index (χ1n) is 8.23. The molecule has 0 unspecified atom stereocenters. The van der Waals surface area contributed by atoms with E-state index >= 15 is 0 Å². The number of nitrogens with one attached hydrogen (secondary N) is 2. The summed E-state index contributed by atoms with van der Waals surface area (Å²) in [6.45, 7) is 8.18. The van der Waals surface area contributed by atoms with Crippen LogP contribution in [0.3, 0.4) is 0 Å². The van der Waals surface area contributed by atoms with Crippen molar-refractivity contribution in [3.05, 3.63) is 34.9 Å². The zero-order chi connectivity index (χ0) is 17.2. The Kier molecular flexibility index (Phi) is 8.16. The maximum Gasteiger partial charge on any atom is 0.243 e. The van der Waals surface area contributed by atoms with Crippen LogP contribution in [0.1, 0.15) is 30.0 Å². The molecule has 1 aromatic rings. The van der Waals surface area contributed by atoms with E-state index in [2.05, 4.69) is 54.6 Å². The van der Waals surface area contributed by atoms with Crippen molar-refractivity contribution in [1.29, 1.82) is 0 Å². The fourth-order valence-electron chi connectivity index (χ4n) is 2.26. The van der Waals surface area contributed by atoms with Gasteiger partial charge in [-0.1, -0.05) is 25.1 Å². The molecule has 0 bridgehead atoms. The molecule has 23 heavy (non-hydrogen) atoms. The summed E-state index contributed by atoms with van der Waals surface area (Å²) < 4.78 is 0. The Balaban J connectivity index is 2.60. The minimum atomic E-state index is -0.00246. The lowest BCUT2D eigenvalue weighted by Crippen LogP contribution is -2.39. The molecule has 0 saturated heterocycles. The van der Waals surface area contributed by atoms with E-state index in [-0.39, 0.29) is 12.5 Å². The second-order valence-electron chi connectivity index (χ2n) is 5.93. The second kappa shape index (κ2) is 9.87. The molecule has 0 aromatic heterocycles. The average Bonchev–Trinajstić information content (AvgIpc) is 2.51. The van der Waals surface area contributed by atoms with Gasteiger partial charge in [0.15, 0.2) is 5.96 Å². The number of rotatable bonds is 7. The van der Waals surface area contributed by atoms with Crippen LogP contribution in [0.5, 0.6) is 0 Å². The van der Waals surface area contributed by atoms with Crippen molar-refractivity contribution in [3.8, 4) is 0 Å². The van der Waals surface area contributed by atoms with Gasteiger partial charge in [0.2, 0.25) is 5.91 Å². The van der Waals surface area contributed by atoms with Gasteiger partial charge in [0, 0.05) is 27.2 Å². The molecule has 0 fully saturated rings. The van der Waals surface area contributed by atoms with Crippen LogP contribution in [0.25, 0.3) is 0 Å². The van der Waals surface area contributed by atoms with Gasteiger partial charge in [0.05, 0.1) is 0 Å². The molecular formula is C18H30N4O. The van der Waals surface area contributed by atoms with Crippen LogP contribution in [0.15, 0.2) is 23.2 Å². The average molecular weight is 318 g/mol. The van der Waals surface area contributed by atoms with Gasteiger partial charge in [-0.25, -0.2) is 4.99 Å². The van der Waals surface area contributed by atoms with Gasteiger partial charge in [-0.15, -0.1) is 0 Å². The monoisotopic (exact) mass is 318 g/mol. The van der Waals surface area contributed by atoms with E-state index in [0.717, 1.165) is 25.9 Å². The lowest BCUT2D eigenvalue weighted by atomic mass is 10.0. The molecule has 1 rings (SSSR count). The van der Waals surface area contributed by atoms with Gasteiger partial charge < -0.3 is 15.5 Å². The Hall–Kier alpha value is -2.04. The molecule has 5 nitrogen and oxygen atoms in total. The maximum atomic E-state index is 11.7. The Bertz CT molecular complexity index is 518. The summed E-state index contributed by atoms with van der Waals surface area (Å²) in [5.74, 6) is 0.700. The summed E-state index contributed by atoms with van der Waals surface area (Å²) in [5, 5.41) is 6.57. The van der Waals surface area contributed by atoms with Crippen LogP contribution >= 0.6 is 0 Å². The number of benzene rings is 1. The third-order valence-corrected chi connectivity index (χ3v) is 3.73. The summed E-state index contributed by atoms with van der Waals surface area (Å²) in [7, 11) is 3.48. The van der Waals surface area contributed by atoms with Gasteiger partial charge in [-0.3, -0.25) is 4.79 Å². The van der Waals surface area contributed by atoms with Gasteiger partial charge >= 0.3 is 0 Å². The van der Waals surface area contributed by atoms with Crippen LogP contribution in [-0.2, 0) is 11.2 Å². The number of carbonyl (C=O) groups excluding carboxylic acids is 1. The first-order valence-corrected chi connectivity index (χ1v) is 8.23. The predicted molar refractivity (Wildman–Crippen MR) is 96.9 cm³/mol. The third kappa shape index (κ3) is 6.72. The zero-order valence-corrected chi connectivity index (χ0v) is 15.1. The predicted octanol–water partition coefficient (Wildman–Crippen LogP) is 1.88.